The molecule has 2 aromatic rings. The SMILES string of the molecule is COc1cc(C)c(C)cc1S(=O)(=O)NCCc1nn[nH]n1. The Morgan fingerprint density at radius 2 is 2.00 bits per heavy atom. The van der Waals surface area contributed by atoms with E-state index in [-0.39, 0.29) is 11.4 Å². The standard InChI is InChI=1S/C12H17N5O3S/c1-8-6-10(20-3)11(7-9(8)2)21(18,19)13-5-4-12-14-16-17-15-12/h6-7,13H,4-5H2,1-3H3,(H,14,15,16,17). The molecule has 0 aliphatic carbocycles. The van der Waals surface area contributed by atoms with Gasteiger partial charge in [-0.05, 0) is 37.1 Å². The number of methoxy groups -OCH3 is 1. The van der Waals surface area contributed by atoms with Crippen LogP contribution in [0.1, 0.15) is 17.0 Å². The van der Waals surface area contributed by atoms with Crippen LogP contribution in [0, 0.1) is 13.8 Å². The first-order chi connectivity index (χ1) is 9.94. The zero-order valence-corrected chi connectivity index (χ0v) is 12.9. The van der Waals surface area contributed by atoms with E-state index in [1.165, 1.54) is 7.11 Å². The molecular weight excluding hydrogens is 294 g/mol. The molecular formula is C12H17N5O3S. The van der Waals surface area contributed by atoms with Gasteiger partial charge in [0.15, 0.2) is 5.82 Å². The number of sulfonamides is 1. The topological polar surface area (TPSA) is 110 Å². The number of nitrogens with zero attached hydrogens (tertiary/aromatic N) is 3. The van der Waals surface area contributed by atoms with Crippen molar-refractivity contribution in [1.82, 2.24) is 25.3 Å². The minimum absolute atomic E-state index is 0.126. The average molecular weight is 311 g/mol. The molecule has 0 saturated heterocycles. The van der Waals surface area contributed by atoms with Crippen molar-refractivity contribution in [1.29, 1.82) is 0 Å². The maximum atomic E-state index is 12.3. The molecule has 0 amide bonds. The summed E-state index contributed by atoms with van der Waals surface area (Å²) in [6.07, 6.45) is 0.350. The molecule has 2 rings (SSSR count). The second-order valence-electron chi connectivity index (χ2n) is 4.56. The minimum atomic E-state index is -3.66. The van der Waals surface area contributed by atoms with Gasteiger partial charge in [-0.15, -0.1) is 10.2 Å². The van der Waals surface area contributed by atoms with Crippen molar-refractivity contribution >= 4 is 10.0 Å². The van der Waals surface area contributed by atoms with Crippen molar-refractivity contribution in [3.8, 4) is 5.75 Å². The Balaban J connectivity index is 2.17. The first-order valence-electron chi connectivity index (χ1n) is 6.31. The first kappa shape index (κ1) is 15.4. The van der Waals surface area contributed by atoms with Gasteiger partial charge >= 0.3 is 0 Å². The summed E-state index contributed by atoms with van der Waals surface area (Å²) in [6, 6.07) is 3.31. The summed E-state index contributed by atoms with van der Waals surface area (Å²) < 4.78 is 32.4. The van der Waals surface area contributed by atoms with Crippen molar-refractivity contribution in [2.24, 2.45) is 0 Å². The monoisotopic (exact) mass is 311 g/mol. The van der Waals surface area contributed by atoms with Crippen LogP contribution in [0.2, 0.25) is 0 Å². The van der Waals surface area contributed by atoms with Crippen molar-refractivity contribution < 1.29 is 13.2 Å². The molecule has 8 nitrogen and oxygen atoms in total. The summed E-state index contributed by atoms with van der Waals surface area (Å²) in [7, 11) is -2.21. The van der Waals surface area contributed by atoms with Gasteiger partial charge in [0.2, 0.25) is 10.0 Å². The third-order valence-electron chi connectivity index (χ3n) is 3.10. The van der Waals surface area contributed by atoms with Crippen LogP contribution in [0.4, 0.5) is 0 Å². The van der Waals surface area contributed by atoms with Gasteiger partial charge in [-0.2, -0.15) is 5.21 Å². The molecule has 9 heteroatoms. The van der Waals surface area contributed by atoms with Gasteiger partial charge in [-0.25, -0.2) is 13.1 Å². The Labute approximate surface area is 123 Å². The molecule has 2 N–H and O–H groups in total. The van der Waals surface area contributed by atoms with Crippen LogP contribution in [0.3, 0.4) is 0 Å². The van der Waals surface area contributed by atoms with Crippen molar-refractivity contribution in [2.45, 2.75) is 25.2 Å². The lowest BCUT2D eigenvalue weighted by Gasteiger charge is -2.12. The Morgan fingerprint density at radius 1 is 1.29 bits per heavy atom. The number of nitrogens with one attached hydrogen (secondary N) is 2. The van der Waals surface area contributed by atoms with Crippen LogP contribution >= 0.6 is 0 Å². The highest BCUT2D eigenvalue weighted by Gasteiger charge is 2.20. The number of hydrogen-bond donors (Lipinski definition) is 2. The van der Waals surface area contributed by atoms with Crippen LogP contribution in [-0.2, 0) is 16.4 Å². The number of rotatable bonds is 6. The van der Waals surface area contributed by atoms with Crippen LogP contribution in [0.15, 0.2) is 17.0 Å². The summed E-state index contributed by atoms with van der Waals surface area (Å²) in [6.45, 7) is 3.93. The number of benzene rings is 1. The van der Waals surface area contributed by atoms with Gasteiger partial charge < -0.3 is 4.74 Å². The lowest BCUT2D eigenvalue weighted by atomic mass is 10.1. The van der Waals surface area contributed by atoms with Gasteiger partial charge in [0, 0.05) is 13.0 Å². The molecule has 0 spiro atoms. The van der Waals surface area contributed by atoms with Gasteiger partial charge in [0.25, 0.3) is 0 Å². The van der Waals surface area contributed by atoms with Crippen LogP contribution in [0.5, 0.6) is 5.75 Å². The molecule has 0 bridgehead atoms. The summed E-state index contributed by atoms with van der Waals surface area (Å²) in [5.74, 6) is 0.773. The molecule has 0 unspecified atom stereocenters. The summed E-state index contributed by atoms with van der Waals surface area (Å²) >= 11 is 0. The highest BCUT2D eigenvalue weighted by molar-refractivity contribution is 7.89. The van der Waals surface area contributed by atoms with Gasteiger partial charge in [0.05, 0.1) is 7.11 Å². The number of ether oxygens (including phenoxy) is 1. The zero-order chi connectivity index (χ0) is 15.5. The molecule has 0 aliphatic heterocycles. The van der Waals surface area contributed by atoms with E-state index in [0.29, 0.717) is 18.0 Å². The quantitative estimate of drug-likeness (QED) is 0.796. The number of aromatic amines is 1. The van der Waals surface area contributed by atoms with E-state index in [4.69, 9.17) is 4.74 Å². The van der Waals surface area contributed by atoms with E-state index >= 15 is 0 Å². The van der Waals surface area contributed by atoms with Crippen LogP contribution in [-0.4, -0.2) is 42.7 Å². The molecule has 0 atom stereocenters. The number of aryl methyl sites for hydroxylation is 2. The molecule has 0 fully saturated rings. The van der Waals surface area contributed by atoms with E-state index in [1.54, 1.807) is 12.1 Å². The fraction of sp³-hybridized carbons (Fsp3) is 0.417. The molecule has 0 aliphatic rings. The Kier molecular flexibility index (Phi) is 4.53. The largest absolute Gasteiger partial charge is 0.495 e. The van der Waals surface area contributed by atoms with E-state index in [1.807, 2.05) is 13.8 Å². The first-order valence-corrected chi connectivity index (χ1v) is 7.79. The second-order valence-corrected chi connectivity index (χ2v) is 6.30. The number of aromatic nitrogens is 4. The van der Waals surface area contributed by atoms with Crippen molar-refractivity contribution in [2.75, 3.05) is 13.7 Å². The molecule has 1 aromatic carbocycles. The Bertz CT molecular complexity index is 713. The number of tetrazole rings is 1. The van der Waals surface area contributed by atoms with E-state index < -0.39 is 10.0 Å². The van der Waals surface area contributed by atoms with E-state index in [0.717, 1.165) is 11.1 Å². The number of hydrogen-bond acceptors (Lipinski definition) is 6. The predicted octanol–water partition coefficient (Wildman–Crippen LogP) is 0.346. The maximum absolute atomic E-state index is 12.3. The molecule has 21 heavy (non-hydrogen) atoms. The van der Waals surface area contributed by atoms with Gasteiger partial charge in [-0.1, -0.05) is 5.21 Å². The molecule has 0 radical (unpaired) electrons. The van der Waals surface area contributed by atoms with Crippen molar-refractivity contribution in [3.05, 3.63) is 29.1 Å². The van der Waals surface area contributed by atoms with Gasteiger partial charge in [0.1, 0.15) is 10.6 Å². The average Bonchev–Trinajstić information content (AvgIpc) is 2.94. The van der Waals surface area contributed by atoms with Crippen molar-refractivity contribution in [3.63, 3.8) is 0 Å². The van der Waals surface area contributed by atoms with Crippen LogP contribution in [0.25, 0.3) is 0 Å². The fourth-order valence-electron chi connectivity index (χ4n) is 1.80. The lowest BCUT2D eigenvalue weighted by Crippen LogP contribution is -2.26. The number of H-pyrrole nitrogens is 1. The highest BCUT2D eigenvalue weighted by atomic mass is 32.2. The summed E-state index contributed by atoms with van der Waals surface area (Å²) in [4.78, 5) is 0.126. The smallest absolute Gasteiger partial charge is 0.244 e. The normalized spacial score (nSPS) is 11.6. The lowest BCUT2D eigenvalue weighted by molar-refractivity contribution is 0.402. The highest BCUT2D eigenvalue weighted by Crippen LogP contribution is 2.27. The zero-order valence-electron chi connectivity index (χ0n) is 12.0. The third kappa shape index (κ3) is 3.56. The summed E-state index contributed by atoms with van der Waals surface area (Å²) in [5.41, 5.74) is 1.85. The third-order valence-corrected chi connectivity index (χ3v) is 4.58. The molecule has 114 valence electrons. The summed E-state index contributed by atoms with van der Waals surface area (Å²) in [5, 5.41) is 13.2. The van der Waals surface area contributed by atoms with Crippen LogP contribution < -0.4 is 9.46 Å². The minimum Gasteiger partial charge on any atom is -0.495 e. The van der Waals surface area contributed by atoms with E-state index in [2.05, 4.69) is 25.3 Å². The molecule has 1 aromatic heterocycles. The molecule has 1 heterocycles. The Morgan fingerprint density at radius 3 is 2.62 bits per heavy atom. The van der Waals surface area contributed by atoms with Gasteiger partial charge in [-0.3, -0.25) is 0 Å². The molecule has 0 saturated carbocycles. The fourth-order valence-corrected chi connectivity index (χ4v) is 3.06. The predicted molar refractivity (Wildman–Crippen MR) is 75.5 cm³/mol. The van der Waals surface area contributed by atoms with E-state index in [9.17, 15) is 8.42 Å². The Hall–Kier alpha value is -2.00. The maximum Gasteiger partial charge on any atom is 0.244 e. The second kappa shape index (κ2) is 6.19.